The van der Waals surface area contributed by atoms with Crippen LogP contribution in [0.2, 0.25) is 0 Å². The quantitative estimate of drug-likeness (QED) is 0.380. The van der Waals surface area contributed by atoms with E-state index >= 15 is 0 Å². The molecule has 0 amide bonds. The SMILES string of the molecule is CN=CC1(C)CCN(c2c(Br)c(C)nc(C)c2[C@H](OC(C)(C)C)C(=O)OC(C)C)CC1. The average Bonchev–Trinajstić information content (AvgIpc) is 2.62. The number of carbonyl (C=O) groups excluding carboxylic acids is 1. The summed E-state index contributed by atoms with van der Waals surface area (Å²) in [4.78, 5) is 24.5. The second-order valence-corrected chi connectivity index (χ2v) is 10.8. The van der Waals surface area contributed by atoms with Gasteiger partial charge in [0, 0.05) is 43.0 Å². The van der Waals surface area contributed by atoms with Gasteiger partial charge in [0.05, 0.1) is 27.6 Å². The number of rotatable bonds is 6. The fourth-order valence-electron chi connectivity index (χ4n) is 4.00. The molecule has 1 aliphatic rings. The van der Waals surface area contributed by atoms with Gasteiger partial charge in [0.25, 0.3) is 0 Å². The summed E-state index contributed by atoms with van der Waals surface area (Å²) < 4.78 is 12.8. The number of carbonyl (C=O) groups is 1. The highest BCUT2D eigenvalue weighted by Gasteiger charge is 2.37. The molecule has 6 nitrogen and oxygen atoms in total. The zero-order valence-corrected chi connectivity index (χ0v) is 22.1. The first kappa shape index (κ1) is 25.8. The molecule has 0 spiro atoms. The number of halogens is 1. The molecular weight excluding hydrogens is 458 g/mol. The van der Waals surface area contributed by atoms with E-state index in [9.17, 15) is 4.79 Å². The highest BCUT2D eigenvalue weighted by atomic mass is 79.9. The summed E-state index contributed by atoms with van der Waals surface area (Å²) in [5.41, 5.74) is 3.01. The standard InChI is InChI=1S/C24H38BrN3O3/c1-15(2)30-22(29)21(31-23(5,6)7)18-16(3)27-17(4)19(25)20(18)28-12-10-24(8,11-13-28)14-26-9/h14-15,21H,10-13H2,1-9H3/t21-/m0/s1. The lowest BCUT2D eigenvalue weighted by molar-refractivity contribution is -0.171. The monoisotopic (exact) mass is 495 g/mol. The van der Waals surface area contributed by atoms with Crippen molar-refractivity contribution in [1.82, 2.24) is 4.98 Å². The predicted octanol–water partition coefficient (Wildman–Crippen LogP) is 5.58. The minimum atomic E-state index is -0.854. The third-order valence-corrected chi connectivity index (χ3v) is 6.42. The van der Waals surface area contributed by atoms with Crippen LogP contribution in [0.4, 0.5) is 5.69 Å². The van der Waals surface area contributed by atoms with E-state index in [1.807, 2.05) is 55.5 Å². The molecule has 0 N–H and O–H groups in total. The number of aryl methyl sites for hydroxylation is 2. The summed E-state index contributed by atoms with van der Waals surface area (Å²) in [7, 11) is 1.83. The molecule has 0 saturated carbocycles. The molecule has 1 aromatic rings. The van der Waals surface area contributed by atoms with Crippen LogP contribution in [-0.4, -0.2) is 49.0 Å². The van der Waals surface area contributed by atoms with Crippen molar-refractivity contribution in [2.75, 3.05) is 25.0 Å². The number of pyridine rings is 1. The summed E-state index contributed by atoms with van der Waals surface area (Å²) >= 11 is 3.77. The number of piperidine rings is 1. The Bertz CT molecular complexity index is 822. The van der Waals surface area contributed by atoms with Crippen LogP contribution < -0.4 is 4.90 Å². The molecule has 0 aliphatic carbocycles. The summed E-state index contributed by atoms with van der Waals surface area (Å²) in [6.45, 7) is 17.4. The fourth-order valence-corrected chi connectivity index (χ4v) is 4.55. The predicted molar refractivity (Wildman–Crippen MR) is 130 cm³/mol. The number of anilines is 1. The number of aliphatic imine (C=N–C) groups is 1. The third kappa shape index (κ3) is 6.51. The maximum absolute atomic E-state index is 13.2. The Hall–Kier alpha value is -1.47. The molecule has 7 heteroatoms. The Morgan fingerprint density at radius 1 is 1.23 bits per heavy atom. The fraction of sp³-hybridized carbons (Fsp3) is 0.708. The van der Waals surface area contributed by atoms with E-state index in [2.05, 4.69) is 39.0 Å². The minimum absolute atomic E-state index is 0.0902. The topological polar surface area (TPSA) is 64.0 Å². The second-order valence-electron chi connectivity index (χ2n) is 9.98. The number of nitrogens with zero attached hydrogens (tertiary/aromatic N) is 3. The first-order chi connectivity index (χ1) is 14.3. The van der Waals surface area contributed by atoms with Crippen LogP contribution >= 0.6 is 15.9 Å². The van der Waals surface area contributed by atoms with Crippen LogP contribution in [0, 0.1) is 19.3 Å². The molecule has 0 aromatic carbocycles. The van der Waals surface area contributed by atoms with E-state index in [1.165, 1.54) is 0 Å². The molecular formula is C24H38BrN3O3. The Morgan fingerprint density at radius 3 is 2.29 bits per heavy atom. The molecule has 2 rings (SSSR count). The van der Waals surface area contributed by atoms with Crippen molar-refractivity contribution in [1.29, 1.82) is 0 Å². The van der Waals surface area contributed by atoms with Crippen LogP contribution in [0.15, 0.2) is 9.47 Å². The van der Waals surface area contributed by atoms with Crippen LogP contribution in [-0.2, 0) is 14.3 Å². The number of aromatic nitrogens is 1. The van der Waals surface area contributed by atoms with E-state index < -0.39 is 11.7 Å². The third-order valence-electron chi connectivity index (χ3n) is 5.47. The van der Waals surface area contributed by atoms with Crippen molar-refractivity contribution in [3.63, 3.8) is 0 Å². The zero-order valence-electron chi connectivity index (χ0n) is 20.5. The van der Waals surface area contributed by atoms with Gasteiger partial charge in [-0.25, -0.2) is 4.79 Å². The molecule has 1 atom stereocenters. The van der Waals surface area contributed by atoms with Crippen molar-refractivity contribution >= 4 is 33.8 Å². The molecule has 174 valence electrons. The molecule has 1 saturated heterocycles. The number of ether oxygens (including phenoxy) is 2. The first-order valence-electron chi connectivity index (χ1n) is 11.0. The van der Waals surface area contributed by atoms with Crippen LogP contribution in [0.1, 0.15) is 77.4 Å². The highest BCUT2D eigenvalue weighted by Crippen LogP contribution is 2.43. The Morgan fingerprint density at radius 2 is 1.81 bits per heavy atom. The van der Waals surface area contributed by atoms with Crippen LogP contribution in [0.25, 0.3) is 0 Å². The van der Waals surface area contributed by atoms with Crippen molar-refractivity contribution in [3.8, 4) is 0 Å². The van der Waals surface area contributed by atoms with Gasteiger partial charge >= 0.3 is 5.97 Å². The molecule has 1 aliphatic heterocycles. The average molecular weight is 496 g/mol. The summed E-state index contributed by atoms with van der Waals surface area (Å²) in [5.74, 6) is -0.383. The van der Waals surface area contributed by atoms with Crippen molar-refractivity contribution < 1.29 is 14.3 Å². The Labute approximate surface area is 195 Å². The molecule has 0 bridgehead atoms. The number of esters is 1. The zero-order chi connectivity index (χ0) is 23.6. The molecule has 0 radical (unpaired) electrons. The van der Waals surface area contributed by atoms with Gasteiger partial charge in [-0.1, -0.05) is 6.92 Å². The molecule has 2 heterocycles. The van der Waals surface area contributed by atoms with Gasteiger partial charge in [-0.05, 0) is 77.2 Å². The molecule has 31 heavy (non-hydrogen) atoms. The Balaban J connectivity index is 2.58. The lowest BCUT2D eigenvalue weighted by Gasteiger charge is -2.40. The van der Waals surface area contributed by atoms with Gasteiger partial charge < -0.3 is 19.4 Å². The van der Waals surface area contributed by atoms with Gasteiger partial charge in [0.15, 0.2) is 6.10 Å². The van der Waals surface area contributed by atoms with E-state index in [4.69, 9.17) is 14.5 Å². The smallest absolute Gasteiger partial charge is 0.340 e. The van der Waals surface area contributed by atoms with Gasteiger partial charge in [0.2, 0.25) is 0 Å². The first-order valence-corrected chi connectivity index (χ1v) is 11.8. The van der Waals surface area contributed by atoms with E-state index in [1.54, 1.807) is 0 Å². The maximum Gasteiger partial charge on any atom is 0.340 e. The minimum Gasteiger partial charge on any atom is -0.461 e. The normalized spacial score (nSPS) is 18.0. The lowest BCUT2D eigenvalue weighted by Crippen LogP contribution is -2.41. The number of hydrogen-bond donors (Lipinski definition) is 0. The van der Waals surface area contributed by atoms with Crippen molar-refractivity contribution in [2.24, 2.45) is 10.4 Å². The number of hydrogen-bond acceptors (Lipinski definition) is 6. The second kappa shape index (κ2) is 9.99. The van der Waals surface area contributed by atoms with E-state index in [-0.39, 0.29) is 17.5 Å². The summed E-state index contributed by atoms with van der Waals surface area (Å²) in [6, 6.07) is 0. The summed E-state index contributed by atoms with van der Waals surface area (Å²) in [6.07, 6.45) is 2.95. The van der Waals surface area contributed by atoms with Crippen LogP contribution in [0.3, 0.4) is 0 Å². The van der Waals surface area contributed by atoms with Crippen LogP contribution in [0.5, 0.6) is 0 Å². The molecule has 1 fully saturated rings. The highest BCUT2D eigenvalue weighted by molar-refractivity contribution is 9.10. The van der Waals surface area contributed by atoms with Gasteiger partial charge in [-0.2, -0.15) is 0 Å². The van der Waals surface area contributed by atoms with Crippen molar-refractivity contribution in [3.05, 3.63) is 21.4 Å². The van der Waals surface area contributed by atoms with Crippen molar-refractivity contribution in [2.45, 2.75) is 86.0 Å². The Kier molecular flexibility index (Phi) is 8.31. The summed E-state index contributed by atoms with van der Waals surface area (Å²) in [5, 5.41) is 0. The maximum atomic E-state index is 13.2. The van der Waals surface area contributed by atoms with Gasteiger partial charge in [-0.15, -0.1) is 0 Å². The molecule has 0 unspecified atom stereocenters. The van der Waals surface area contributed by atoms with E-state index in [0.29, 0.717) is 0 Å². The molecule has 1 aromatic heterocycles. The van der Waals surface area contributed by atoms with Gasteiger partial charge in [0.1, 0.15) is 0 Å². The van der Waals surface area contributed by atoms with E-state index in [0.717, 1.165) is 53.0 Å². The van der Waals surface area contributed by atoms with Gasteiger partial charge in [-0.3, -0.25) is 4.98 Å². The lowest BCUT2D eigenvalue weighted by atomic mass is 9.81. The largest absolute Gasteiger partial charge is 0.461 e.